The van der Waals surface area contributed by atoms with Crippen LogP contribution in [-0.2, 0) is 6.42 Å². The Balaban J connectivity index is 2.52. The molecule has 0 radical (unpaired) electrons. The monoisotopic (exact) mass is 232 g/mol. The van der Waals surface area contributed by atoms with Gasteiger partial charge in [-0.25, -0.2) is 0 Å². The van der Waals surface area contributed by atoms with E-state index in [2.05, 4.69) is 49.2 Å². The van der Waals surface area contributed by atoms with Crippen LogP contribution in [0.25, 0.3) is 10.8 Å². The minimum Gasteiger partial charge on any atom is -0.267 e. The zero-order valence-corrected chi connectivity index (χ0v) is 10.7. The predicted octanol–water partition coefficient (Wildman–Crippen LogP) is 3.88. The fourth-order valence-electron chi connectivity index (χ4n) is 1.86. The minimum absolute atomic E-state index is 0.298. The number of hydrogen-bond acceptors (Lipinski definition) is 2. The van der Waals surface area contributed by atoms with Gasteiger partial charge in [0.1, 0.15) is 4.64 Å². The van der Waals surface area contributed by atoms with Crippen LogP contribution < -0.4 is 0 Å². The molecule has 0 amide bonds. The quantitative estimate of drug-likeness (QED) is 0.756. The number of rotatable bonds is 1. The van der Waals surface area contributed by atoms with Crippen LogP contribution in [0.5, 0.6) is 0 Å². The van der Waals surface area contributed by atoms with E-state index in [4.69, 9.17) is 12.2 Å². The molecule has 1 heterocycles. The standard InChI is InChI=1S/C13H16N2S/c1-13(2,3)7-9-4-5-10-8-14-15-12(16)11(10)6-9/h4-6,8H,7H2,1-3H3,(H,15,16). The Labute approximate surface area is 101 Å². The summed E-state index contributed by atoms with van der Waals surface area (Å²) in [6, 6.07) is 6.41. The lowest BCUT2D eigenvalue weighted by Gasteiger charge is -2.18. The summed E-state index contributed by atoms with van der Waals surface area (Å²) in [5, 5.41) is 9.00. The third-order valence-electron chi connectivity index (χ3n) is 2.47. The van der Waals surface area contributed by atoms with Crippen LogP contribution in [0.4, 0.5) is 0 Å². The first-order valence-corrected chi connectivity index (χ1v) is 5.83. The first-order valence-electron chi connectivity index (χ1n) is 5.42. The lowest BCUT2D eigenvalue weighted by Crippen LogP contribution is -2.08. The van der Waals surface area contributed by atoms with Crippen molar-refractivity contribution >= 4 is 23.0 Å². The van der Waals surface area contributed by atoms with Gasteiger partial charge in [-0.15, -0.1) is 0 Å². The molecule has 0 saturated carbocycles. The van der Waals surface area contributed by atoms with Crippen molar-refractivity contribution in [3.8, 4) is 0 Å². The molecule has 2 nitrogen and oxygen atoms in total. The van der Waals surface area contributed by atoms with Gasteiger partial charge >= 0.3 is 0 Å². The van der Waals surface area contributed by atoms with E-state index in [9.17, 15) is 0 Å². The first kappa shape index (κ1) is 11.3. The highest BCUT2D eigenvalue weighted by molar-refractivity contribution is 7.71. The summed E-state index contributed by atoms with van der Waals surface area (Å²) < 4.78 is 0.716. The molecule has 0 aliphatic rings. The number of hydrogen-bond donors (Lipinski definition) is 1. The summed E-state index contributed by atoms with van der Waals surface area (Å²) in [5.74, 6) is 0. The van der Waals surface area contributed by atoms with Crippen molar-refractivity contribution < 1.29 is 0 Å². The average Bonchev–Trinajstić information content (AvgIpc) is 2.17. The van der Waals surface area contributed by atoms with Crippen molar-refractivity contribution in [3.05, 3.63) is 34.6 Å². The second-order valence-electron chi connectivity index (χ2n) is 5.36. The van der Waals surface area contributed by atoms with Crippen LogP contribution in [0, 0.1) is 10.1 Å². The van der Waals surface area contributed by atoms with Gasteiger partial charge in [-0.05, 0) is 23.5 Å². The van der Waals surface area contributed by atoms with Crippen molar-refractivity contribution in [1.82, 2.24) is 10.2 Å². The number of H-pyrrole nitrogens is 1. The van der Waals surface area contributed by atoms with Crippen LogP contribution in [-0.4, -0.2) is 10.2 Å². The highest BCUT2D eigenvalue weighted by atomic mass is 32.1. The summed E-state index contributed by atoms with van der Waals surface area (Å²) in [7, 11) is 0. The molecule has 3 heteroatoms. The van der Waals surface area contributed by atoms with E-state index in [1.165, 1.54) is 5.56 Å². The van der Waals surface area contributed by atoms with Gasteiger partial charge < -0.3 is 0 Å². The minimum atomic E-state index is 0.298. The summed E-state index contributed by atoms with van der Waals surface area (Å²) in [5.41, 5.74) is 1.62. The molecule has 1 N–H and O–H groups in total. The molecule has 0 bridgehead atoms. The van der Waals surface area contributed by atoms with E-state index in [-0.39, 0.29) is 0 Å². The average molecular weight is 232 g/mol. The van der Waals surface area contributed by atoms with Gasteiger partial charge in [-0.1, -0.05) is 45.1 Å². The van der Waals surface area contributed by atoms with Gasteiger partial charge in [0.2, 0.25) is 0 Å². The predicted molar refractivity (Wildman–Crippen MR) is 70.1 cm³/mol. The summed E-state index contributed by atoms with van der Waals surface area (Å²) in [6.07, 6.45) is 2.87. The maximum absolute atomic E-state index is 5.24. The Morgan fingerprint density at radius 1 is 1.31 bits per heavy atom. The van der Waals surface area contributed by atoms with Crippen LogP contribution >= 0.6 is 12.2 Å². The Kier molecular flexibility index (Phi) is 2.80. The summed E-state index contributed by atoms with van der Waals surface area (Å²) in [4.78, 5) is 0. The molecular formula is C13H16N2S. The van der Waals surface area contributed by atoms with E-state index >= 15 is 0 Å². The molecule has 1 aromatic heterocycles. The summed E-state index contributed by atoms with van der Waals surface area (Å²) >= 11 is 5.24. The zero-order valence-electron chi connectivity index (χ0n) is 9.87. The molecule has 0 fully saturated rings. The normalized spacial score (nSPS) is 11.9. The molecule has 0 spiro atoms. The fraction of sp³-hybridized carbons (Fsp3) is 0.385. The van der Waals surface area contributed by atoms with Crippen molar-refractivity contribution in [3.63, 3.8) is 0 Å². The molecule has 2 aromatic rings. The highest BCUT2D eigenvalue weighted by Crippen LogP contribution is 2.23. The van der Waals surface area contributed by atoms with E-state index in [1.807, 2.05) is 6.20 Å². The Morgan fingerprint density at radius 2 is 2.06 bits per heavy atom. The maximum Gasteiger partial charge on any atom is 0.127 e. The second kappa shape index (κ2) is 3.98. The van der Waals surface area contributed by atoms with Crippen LogP contribution in [0.1, 0.15) is 26.3 Å². The Bertz CT molecular complexity index is 564. The van der Waals surface area contributed by atoms with E-state index in [1.54, 1.807) is 0 Å². The molecule has 1 aromatic carbocycles. The Hall–Kier alpha value is -1.22. The first-order chi connectivity index (χ1) is 7.46. The number of fused-ring (bicyclic) bond motifs is 1. The fourth-order valence-corrected chi connectivity index (χ4v) is 2.09. The van der Waals surface area contributed by atoms with E-state index in [0.29, 0.717) is 10.1 Å². The lowest BCUT2D eigenvalue weighted by molar-refractivity contribution is 0.411. The topological polar surface area (TPSA) is 28.7 Å². The van der Waals surface area contributed by atoms with Gasteiger partial charge in [0.25, 0.3) is 0 Å². The molecule has 0 atom stereocenters. The Morgan fingerprint density at radius 3 is 2.75 bits per heavy atom. The number of nitrogens with one attached hydrogen (secondary N) is 1. The molecular weight excluding hydrogens is 216 g/mol. The van der Waals surface area contributed by atoms with Gasteiger partial charge in [0.05, 0.1) is 6.20 Å². The van der Waals surface area contributed by atoms with E-state index in [0.717, 1.165) is 17.2 Å². The molecule has 0 aliphatic carbocycles. The van der Waals surface area contributed by atoms with Gasteiger partial charge in [0, 0.05) is 10.8 Å². The smallest absolute Gasteiger partial charge is 0.127 e. The highest BCUT2D eigenvalue weighted by Gasteiger charge is 2.11. The number of aromatic amines is 1. The molecule has 0 aliphatic heterocycles. The third kappa shape index (κ3) is 2.47. The molecule has 0 unspecified atom stereocenters. The largest absolute Gasteiger partial charge is 0.267 e. The number of benzene rings is 1. The van der Waals surface area contributed by atoms with Crippen LogP contribution in [0.3, 0.4) is 0 Å². The molecule has 16 heavy (non-hydrogen) atoms. The van der Waals surface area contributed by atoms with Crippen LogP contribution in [0.15, 0.2) is 24.4 Å². The SMILES string of the molecule is CC(C)(C)Cc1ccc2cn[nH]c(=S)c2c1. The van der Waals surface area contributed by atoms with Crippen molar-refractivity contribution in [2.45, 2.75) is 27.2 Å². The van der Waals surface area contributed by atoms with Crippen molar-refractivity contribution in [2.24, 2.45) is 5.41 Å². The van der Waals surface area contributed by atoms with Crippen LogP contribution in [0.2, 0.25) is 0 Å². The van der Waals surface area contributed by atoms with Crippen molar-refractivity contribution in [1.29, 1.82) is 0 Å². The zero-order chi connectivity index (χ0) is 11.8. The lowest BCUT2D eigenvalue weighted by atomic mass is 9.88. The van der Waals surface area contributed by atoms with Crippen molar-refractivity contribution in [2.75, 3.05) is 0 Å². The number of nitrogens with zero attached hydrogens (tertiary/aromatic N) is 1. The third-order valence-corrected chi connectivity index (χ3v) is 2.78. The maximum atomic E-state index is 5.24. The summed E-state index contributed by atoms with van der Waals surface area (Å²) in [6.45, 7) is 6.72. The molecule has 84 valence electrons. The molecule has 2 rings (SSSR count). The van der Waals surface area contributed by atoms with Gasteiger partial charge in [-0.2, -0.15) is 5.10 Å². The van der Waals surface area contributed by atoms with Gasteiger partial charge in [-0.3, -0.25) is 5.10 Å². The van der Waals surface area contributed by atoms with E-state index < -0.39 is 0 Å². The van der Waals surface area contributed by atoms with Gasteiger partial charge in [0.15, 0.2) is 0 Å². The second-order valence-corrected chi connectivity index (χ2v) is 5.77. The molecule has 0 saturated heterocycles. The number of aromatic nitrogens is 2.